The molecular weight excluding hydrogens is 568 g/mol. The Hall–Kier alpha value is -3.60. The van der Waals surface area contributed by atoms with Crippen LogP contribution in [-0.4, -0.2) is 39.5 Å². The van der Waals surface area contributed by atoms with Crippen LogP contribution in [0.1, 0.15) is 32.9 Å². The number of nitrogens with zero attached hydrogens (tertiary/aromatic N) is 3. The third kappa shape index (κ3) is 6.75. The molecule has 0 bridgehead atoms. The molecule has 11 heteroatoms. The highest BCUT2D eigenvalue weighted by atomic mass is 35.5. The molecule has 0 aliphatic carbocycles. The predicted molar refractivity (Wildman–Crippen MR) is 161 cm³/mol. The fraction of sp³-hybridized carbons (Fsp3) is 0.241. The molecule has 1 amide bonds. The van der Waals surface area contributed by atoms with Crippen molar-refractivity contribution in [2.24, 2.45) is 0 Å². The number of halogens is 1. The number of esters is 1. The quantitative estimate of drug-likeness (QED) is 0.115. The zero-order valence-electron chi connectivity index (χ0n) is 22.6. The minimum Gasteiger partial charge on any atom is -0.485 e. The number of carbonyl (C=O) groups is 2. The lowest BCUT2D eigenvalue weighted by Gasteiger charge is -2.11. The molecule has 0 saturated carbocycles. The summed E-state index contributed by atoms with van der Waals surface area (Å²) in [6, 6.07) is 11.5. The number of hydrogen-bond acceptors (Lipinski definition) is 8. The molecule has 4 rings (SSSR count). The van der Waals surface area contributed by atoms with Crippen molar-refractivity contribution in [1.29, 1.82) is 0 Å². The van der Waals surface area contributed by atoms with Gasteiger partial charge in [0, 0.05) is 22.5 Å². The van der Waals surface area contributed by atoms with Crippen LogP contribution >= 0.6 is 34.7 Å². The Labute approximate surface area is 246 Å². The highest BCUT2D eigenvalue weighted by molar-refractivity contribution is 7.99. The maximum atomic E-state index is 13.0. The van der Waals surface area contributed by atoms with Crippen molar-refractivity contribution in [3.8, 4) is 16.9 Å². The van der Waals surface area contributed by atoms with E-state index in [0.717, 1.165) is 27.8 Å². The van der Waals surface area contributed by atoms with Crippen molar-refractivity contribution in [1.82, 2.24) is 14.8 Å². The number of aromatic nitrogens is 3. The SMILES string of the molecule is C=CCn1c(COc2ccc(Cl)cc2C)nnc1SCC(=O)Nc1scc(-c2cc(C)ccc2C)c1C(=O)OC. The summed E-state index contributed by atoms with van der Waals surface area (Å²) in [6.07, 6.45) is 1.73. The highest BCUT2D eigenvalue weighted by Crippen LogP contribution is 2.38. The molecule has 0 radical (unpaired) electrons. The van der Waals surface area contributed by atoms with Crippen molar-refractivity contribution in [2.75, 3.05) is 18.2 Å². The molecule has 0 aliphatic rings. The van der Waals surface area contributed by atoms with Crippen molar-refractivity contribution < 1.29 is 19.1 Å². The van der Waals surface area contributed by atoms with Crippen LogP contribution in [0.3, 0.4) is 0 Å². The van der Waals surface area contributed by atoms with E-state index in [1.54, 1.807) is 12.1 Å². The molecule has 208 valence electrons. The van der Waals surface area contributed by atoms with Gasteiger partial charge in [0.2, 0.25) is 5.91 Å². The second kappa shape index (κ2) is 13.2. The van der Waals surface area contributed by atoms with E-state index in [9.17, 15) is 9.59 Å². The Kier molecular flexibility index (Phi) is 9.67. The number of nitrogens with one attached hydrogen (secondary N) is 1. The van der Waals surface area contributed by atoms with E-state index in [1.165, 1.54) is 30.2 Å². The number of amides is 1. The average molecular weight is 597 g/mol. The second-order valence-corrected chi connectivity index (χ2v) is 11.3. The normalized spacial score (nSPS) is 10.8. The van der Waals surface area contributed by atoms with Gasteiger partial charge in [-0.2, -0.15) is 0 Å². The minimum atomic E-state index is -0.508. The Morgan fingerprint density at radius 2 is 1.93 bits per heavy atom. The van der Waals surface area contributed by atoms with Gasteiger partial charge in [0.1, 0.15) is 22.9 Å². The number of anilines is 1. The molecule has 8 nitrogen and oxygen atoms in total. The molecule has 4 aromatic rings. The first-order chi connectivity index (χ1) is 19.2. The third-order valence-electron chi connectivity index (χ3n) is 6.05. The first-order valence-corrected chi connectivity index (χ1v) is 14.6. The number of benzene rings is 2. The number of ether oxygens (including phenoxy) is 2. The molecule has 0 spiro atoms. The lowest BCUT2D eigenvalue weighted by Crippen LogP contribution is -2.16. The van der Waals surface area contributed by atoms with Crippen LogP contribution in [0, 0.1) is 20.8 Å². The molecule has 0 unspecified atom stereocenters. The predicted octanol–water partition coefficient (Wildman–Crippen LogP) is 6.87. The molecule has 2 aromatic heterocycles. The van der Waals surface area contributed by atoms with Crippen LogP contribution in [0.15, 0.2) is 59.6 Å². The van der Waals surface area contributed by atoms with Crippen LogP contribution in [-0.2, 0) is 22.7 Å². The Balaban J connectivity index is 1.47. The van der Waals surface area contributed by atoms with Crippen molar-refractivity contribution in [3.05, 3.63) is 87.5 Å². The zero-order valence-corrected chi connectivity index (χ0v) is 25.0. The molecule has 2 heterocycles. The van der Waals surface area contributed by atoms with Crippen LogP contribution in [0.4, 0.5) is 5.00 Å². The topological polar surface area (TPSA) is 95.3 Å². The van der Waals surface area contributed by atoms with Gasteiger partial charge >= 0.3 is 5.97 Å². The number of carbonyl (C=O) groups excluding carboxylic acids is 2. The first-order valence-electron chi connectivity index (χ1n) is 12.3. The molecular formula is C29H29ClN4O4S2. The van der Waals surface area contributed by atoms with Crippen molar-refractivity contribution in [3.63, 3.8) is 0 Å². The lowest BCUT2D eigenvalue weighted by molar-refractivity contribution is -0.113. The van der Waals surface area contributed by atoms with Gasteiger partial charge in [0.05, 0.1) is 12.9 Å². The summed E-state index contributed by atoms with van der Waals surface area (Å²) in [5.74, 6) is 0.563. The van der Waals surface area contributed by atoms with Gasteiger partial charge in [-0.15, -0.1) is 28.1 Å². The Morgan fingerprint density at radius 3 is 2.65 bits per heavy atom. The van der Waals surface area contributed by atoms with Crippen molar-refractivity contribution in [2.45, 2.75) is 39.1 Å². The summed E-state index contributed by atoms with van der Waals surface area (Å²) in [7, 11) is 1.33. The van der Waals surface area contributed by atoms with Crippen molar-refractivity contribution >= 4 is 51.6 Å². The maximum Gasteiger partial charge on any atom is 0.341 e. The number of rotatable bonds is 11. The highest BCUT2D eigenvalue weighted by Gasteiger charge is 2.24. The van der Waals surface area contributed by atoms with E-state index in [4.69, 9.17) is 21.1 Å². The van der Waals surface area contributed by atoms with Gasteiger partial charge in [0.15, 0.2) is 11.0 Å². The average Bonchev–Trinajstić information content (AvgIpc) is 3.52. The van der Waals surface area contributed by atoms with E-state index in [-0.39, 0.29) is 18.3 Å². The fourth-order valence-electron chi connectivity index (χ4n) is 4.03. The summed E-state index contributed by atoms with van der Waals surface area (Å²) in [5, 5.41) is 14.9. The largest absolute Gasteiger partial charge is 0.485 e. The molecule has 0 aliphatic heterocycles. The number of methoxy groups -OCH3 is 1. The second-order valence-electron chi connectivity index (χ2n) is 9.00. The van der Waals surface area contributed by atoms with E-state index >= 15 is 0 Å². The van der Waals surface area contributed by atoms with Crippen LogP contribution in [0.5, 0.6) is 5.75 Å². The molecule has 0 fully saturated rings. The van der Waals surface area contributed by atoms with E-state index in [0.29, 0.717) is 38.9 Å². The van der Waals surface area contributed by atoms with Gasteiger partial charge in [0.25, 0.3) is 0 Å². The molecule has 1 N–H and O–H groups in total. The molecule has 40 heavy (non-hydrogen) atoms. The van der Waals surface area contributed by atoms with Crippen LogP contribution < -0.4 is 10.1 Å². The standard InChI is InChI=1S/C29H29ClN4O4S2/c1-6-11-34-24(14-38-23-10-9-20(30)13-19(23)4)32-33-29(34)40-16-25(35)31-27-26(28(36)37-5)22(15-39-27)21-12-17(2)7-8-18(21)3/h6-10,12-13,15H,1,11,14,16H2,2-5H3,(H,31,35). The number of aryl methyl sites for hydroxylation is 3. The number of thioether (sulfide) groups is 1. The zero-order chi connectivity index (χ0) is 28.8. The smallest absolute Gasteiger partial charge is 0.341 e. The van der Waals surface area contributed by atoms with E-state index < -0.39 is 5.97 Å². The van der Waals surface area contributed by atoms with E-state index in [2.05, 4.69) is 22.1 Å². The fourth-order valence-corrected chi connectivity index (χ4v) is 5.99. The van der Waals surface area contributed by atoms with Gasteiger partial charge in [-0.25, -0.2) is 4.79 Å². The van der Waals surface area contributed by atoms with Crippen LogP contribution in [0.25, 0.3) is 11.1 Å². The minimum absolute atomic E-state index is 0.0593. The summed E-state index contributed by atoms with van der Waals surface area (Å²) in [4.78, 5) is 25.7. The molecule has 2 aromatic carbocycles. The summed E-state index contributed by atoms with van der Waals surface area (Å²) in [6.45, 7) is 10.4. The Bertz CT molecular complexity index is 1560. The third-order valence-corrected chi connectivity index (χ3v) is 8.15. The summed E-state index contributed by atoms with van der Waals surface area (Å²) < 4.78 is 12.8. The van der Waals surface area contributed by atoms with Gasteiger partial charge < -0.3 is 14.8 Å². The lowest BCUT2D eigenvalue weighted by atomic mass is 9.97. The number of allylic oxidation sites excluding steroid dienone is 1. The summed E-state index contributed by atoms with van der Waals surface area (Å²) in [5.41, 5.74) is 5.00. The first kappa shape index (κ1) is 29.4. The molecule has 0 saturated heterocycles. The number of hydrogen-bond donors (Lipinski definition) is 1. The van der Waals surface area contributed by atoms with Crippen LogP contribution in [0.2, 0.25) is 5.02 Å². The maximum absolute atomic E-state index is 13.0. The summed E-state index contributed by atoms with van der Waals surface area (Å²) >= 11 is 8.56. The van der Waals surface area contributed by atoms with Gasteiger partial charge in [-0.3, -0.25) is 9.36 Å². The van der Waals surface area contributed by atoms with E-state index in [1.807, 2.05) is 61.1 Å². The molecule has 0 atom stereocenters. The van der Waals surface area contributed by atoms with Gasteiger partial charge in [-0.05, 0) is 55.7 Å². The number of thiophene rings is 1. The monoisotopic (exact) mass is 596 g/mol. The Morgan fingerprint density at radius 1 is 1.12 bits per heavy atom. The van der Waals surface area contributed by atoms with Gasteiger partial charge in [-0.1, -0.05) is 53.2 Å².